The molecule has 1 aliphatic heterocycles. The summed E-state index contributed by atoms with van der Waals surface area (Å²) in [7, 11) is 0. The summed E-state index contributed by atoms with van der Waals surface area (Å²) in [6.45, 7) is 8.81. The van der Waals surface area contributed by atoms with E-state index in [4.69, 9.17) is 0 Å². The highest BCUT2D eigenvalue weighted by Gasteiger charge is 2.29. The number of urea groups is 1. The minimum Gasteiger partial charge on any atom is -0.335 e. The van der Waals surface area contributed by atoms with Crippen LogP contribution in [0.25, 0.3) is 0 Å². The van der Waals surface area contributed by atoms with Crippen molar-refractivity contribution in [3.8, 4) is 0 Å². The molecule has 0 radical (unpaired) electrons. The average Bonchev–Trinajstić information content (AvgIpc) is 2.71. The molecular formula is C13H23N3O2. The van der Waals surface area contributed by atoms with Crippen LogP contribution in [0.2, 0.25) is 0 Å². The zero-order valence-electron chi connectivity index (χ0n) is 11.3. The number of nitrogens with one attached hydrogen (secondary N) is 1. The Balaban J connectivity index is 2.32. The molecule has 0 aromatic heterocycles. The van der Waals surface area contributed by atoms with Crippen molar-refractivity contribution in [3.05, 3.63) is 12.7 Å². The molecule has 1 aliphatic rings. The van der Waals surface area contributed by atoms with E-state index in [2.05, 4.69) is 11.9 Å². The Bertz CT molecular complexity index is 317. The fraction of sp³-hybridized carbons (Fsp3) is 0.692. The summed E-state index contributed by atoms with van der Waals surface area (Å²) in [6, 6.07) is -0.0198. The highest BCUT2D eigenvalue weighted by molar-refractivity contribution is 5.87. The lowest BCUT2D eigenvalue weighted by Crippen LogP contribution is -2.43. The topological polar surface area (TPSA) is 52.7 Å². The number of allylic oxidation sites excluding steroid dienone is 1. The van der Waals surface area contributed by atoms with Gasteiger partial charge in [-0.05, 0) is 33.1 Å². The van der Waals surface area contributed by atoms with Gasteiger partial charge in [0.2, 0.25) is 5.91 Å². The highest BCUT2D eigenvalue weighted by atomic mass is 16.2. The molecule has 102 valence electrons. The second-order valence-electron chi connectivity index (χ2n) is 4.66. The third-order valence-corrected chi connectivity index (χ3v) is 3.10. The van der Waals surface area contributed by atoms with Gasteiger partial charge < -0.3 is 10.2 Å². The molecule has 1 N–H and O–H groups in total. The molecule has 1 atom stereocenters. The van der Waals surface area contributed by atoms with Gasteiger partial charge in [-0.15, -0.1) is 6.58 Å². The maximum absolute atomic E-state index is 11.9. The first-order chi connectivity index (χ1) is 8.58. The maximum Gasteiger partial charge on any atom is 0.319 e. The van der Waals surface area contributed by atoms with Crippen LogP contribution >= 0.6 is 0 Å². The molecule has 18 heavy (non-hydrogen) atoms. The van der Waals surface area contributed by atoms with Crippen LogP contribution in [0.3, 0.4) is 0 Å². The SMILES string of the molecule is C=CCCC[C@H](C)NC(=O)N1CC(=O)N(CC)C1. The van der Waals surface area contributed by atoms with E-state index in [1.807, 2.05) is 19.9 Å². The van der Waals surface area contributed by atoms with Crippen molar-refractivity contribution in [1.82, 2.24) is 15.1 Å². The monoisotopic (exact) mass is 253 g/mol. The molecule has 5 nitrogen and oxygen atoms in total. The molecule has 1 rings (SSSR count). The van der Waals surface area contributed by atoms with Crippen LogP contribution in [0.5, 0.6) is 0 Å². The van der Waals surface area contributed by atoms with E-state index in [0.29, 0.717) is 13.2 Å². The Hall–Kier alpha value is -1.52. The molecule has 0 unspecified atom stereocenters. The molecule has 5 heteroatoms. The van der Waals surface area contributed by atoms with Gasteiger partial charge in [-0.3, -0.25) is 9.69 Å². The first-order valence-electron chi connectivity index (χ1n) is 6.52. The molecule has 0 aromatic carbocycles. The molecule has 3 amide bonds. The lowest BCUT2D eigenvalue weighted by atomic mass is 10.1. The summed E-state index contributed by atoms with van der Waals surface area (Å²) < 4.78 is 0. The van der Waals surface area contributed by atoms with E-state index in [0.717, 1.165) is 19.3 Å². The average molecular weight is 253 g/mol. The van der Waals surface area contributed by atoms with Crippen molar-refractivity contribution in [2.45, 2.75) is 39.2 Å². The number of carbonyl (C=O) groups is 2. The molecule has 1 saturated heterocycles. The number of carbonyl (C=O) groups excluding carboxylic acids is 2. The Labute approximate surface area is 109 Å². The van der Waals surface area contributed by atoms with E-state index < -0.39 is 0 Å². The van der Waals surface area contributed by atoms with Crippen molar-refractivity contribution >= 4 is 11.9 Å². The van der Waals surface area contributed by atoms with Crippen molar-refractivity contribution in [2.75, 3.05) is 19.8 Å². The van der Waals surface area contributed by atoms with Gasteiger partial charge in [-0.25, -0.2) is 4.79 Å². The fourth-order valence-corrected chi connectivity index (χ4v) is 1.95. The number of nitrogens with zero attached hydrogens (tertiary/aromatic N) is 2. The Morgan fingerprint density at radius 1 is 1.61 bits per heavy atom. The third kappa shape index (κ3) is 4.05. The predicted molar refractivity (Wildman–Crippen MR) is 71.0 cm³/mol. The Morgan fingerprint density at radius 3 is 2.89 bits per heavy atom. The van der Waals surface area contributed by atoms with Gasteiger partial charge in [-0.2, -0.15) is 0 Å². The lowest BCUT2D eigenvalue weighted by molar-refractivity contribution is -0.126. The normalized spacial score (nSPS) is 16.9. The number of amides is 3. The zero-order chi connectivity index (χ0) is 13.5. The van der Waals surface area contributed by atoms with Crippen LogP contribution in [-0.4, -0.2) is 47.5 Å². The molecule has 1 heterocycles. The quantitative estimate of drug-likeness (QED) is 0.577. The largest absolute Gasteiger partial charge is 0.335 e. The summed E-state index contributed by atoms with van der Waals surface area (Å²) in [4.78, 5) is 26.6. The van der Waals surface area contributed by atoms with Crippen LogP contribution in [-0.2, 0) is 4.79 Å². The summed E-state index contributed by atoms with van der Waals surface area (Å²) in [5, 5.41) is 2.92. The standard InChI is InChI=1S/C13H23N3O2/c1-4-6-7-8-11(3)14-13(18)16-9-12(17)15(5-2)10-16/h4,11H,1,5-10H2,2-3H3,(H,14,18)/t11-/m0/s1. The van der Waals surface area contributed by atoms with Crippen LogP contribution in [0, 0.1) is 0 Å². The van der Waals surface area contributed by atoms with Crippen molar-refractivity contribution < 1.29 is 9.59 Å². The molecule has 0 spiro atoms. The van der Waals surface area contributed by atoms with E-state index in [1.54, 1.807) is 9.80 Å². The van der Waals surface area contributed by atoms with E-state index >= 15 is 0 Å². The van der Waals surface area contributed by atoms with Crippen LogP contribution in [0.15, 0.2) is 12.7 Å². The summed E-state index contributed by atoms with van der Waals surface area (Å²) in [5.74, 6) is 0.0203. The smallest absolute Gasteiger partial charge is 0.319 e. The predicted octanol–water partition coefficient (Wildman–Crippen LogP) is 1.56. The van der Waals surface area contributed by atoms with Crippen LogP contribution in [0.1, 0.15) is 33.1 Å². The van der Waals surface area contributed by atoms with E-state index in [1.165, 1.54) is 0 Å². The van der Waals surface area contributed by atoms with Gasteiger partial charge in [0.25, 0.3) is 0 Å². The first-order valence-corrected chi connectivity index (χ1v) is 6.52. The lowest BCUT2D eigenvalue weighted by Gasteiger charge is -2.20. The first kappa shape index (κ1) is 14.5. The number of unbranched alkanes of at least 4 members (excludes halogenated alkanes) is 1. The molecule has 0 bridgehead atoms. The summed E-state index contributed by atoms with van der Waals surface area (Å²) >= 11 is 0. The molecule has 0 aliphatic carbocycles. The fourth-order valence-electron chi connectivity index (χ4n) is 1.95. The van der Waals surface area contributed by atoms with Gasteiger partial charge in [-0.1, -0.05) is 6.08 Å². The molecule has 0 aromatic rings. The third-order valence-electron chi connectivity index (χ3n) is 3.10. The number of hydrogen-bond donors (Lipinski definition) is 1. The Morgan fingerprint density at radius 2 is 2.33 bits per heavy atom. The van der Waals surface area contributed by atoms with Gasteiger partial charge in [0.1, 0.15) is 6.54 Å². The van der Waals surface area contributed by atoms with Gasteiger partial charge in [0.05, 0.1) is 6.67 Å². The van der Waals surface area contributed by atoms with Crippen molar-refractivity contribution in [3.63, 3.8) is 0 Å². The maximum atomic E-state index is 11.9. The van der Waals surface area contributed by atoms with E-state index in [-0.39, 0.29) is 24.5 Å². The molecule has 1 fully saturated rings. The van der Waals surface area contributed by atoms with Gasteiger partial charge in [0.15, 0.2) is 0 Å². The zero-order valence-corrected chi connectivity index (χ0v) is 11.3. The summed E-state index contributed by atoms with van der Waals surface area (Å²) in [5.41, 5.74) is 0. The van der Waals surface area contributed by atoms with Gasteiger partial charge >= 0.3 is 6.03 Å². The summed E-state index contributed by atoms with van der Waals surface area (Å²) in [6.07, 6.45) is 4.79. The molecular weight excluding hydrogens is 230 g/mol. The van der Waals surface area contributed by atoms with Crippen molar-refractivity contribution in [2.24, 2.45) is 0 Å². The van der Waals surface area contributed by atoms with Crippen LogP contribution < -0.4 is 5.32 Å². The van der Waals surface area contributed by atoms with Crippen LogP contribution in [0.4, 0.5) is 4.79 Å². The minimum absolute atomic E-state index is 0.0203. The number of hydrogen-bond acceptors (Lipinski definition) is 2. The second kappa shape index (κ2) is 7.03. The molecule has 0 saturated carbocycles. The number of rotatable bonds is 6. The van der Waals surface area contributed by atoms with Crippen molar-refractivity contribution in [1.29, 1.82) is 0 Å². The highest BCUT2D eigenvalue weighted by Crippen LogP contribution is 2.07. The van der Waals surface area contributed by atoms with Gasteiger partial charge in [0, 0.05) is 12.6 Å². The Kier molecular flexibility index (Phi) is 5.68. The number of likely N-dealkylation sites (N-methyl/N-ethyl adjacent to an activating group) is 1. The van der Waals surface area contributed by atoms with E-state index in [9.17, 15) is 9.59 Å². The second-order valence-corrected chi connectivity index (χ2v) is 4.66. The minimum atomic E-state index is -0.148.